The molecule has 1 atom stereocenters. The van der Waals surface area contributed by atoms with Gasteiger partial charge in [0.05, 0.1) is 22.4 Å². The van der Waals surface area contributed by atoms with Crippen LogP contribution in [0.2, 0.25) is 0 Å². The summed E-state index contributed by atoms with van der Waals surface area (Å²) in [5, 5.41) is 0.136. The summed E-state index contributed by atoms with van der Waals surface area (Å²) in [5.74, 6) is 0. The van der Waals surface area contributed by atoms with Gasteiger partial charge in [-0.3, -0.25) is 4.98 Å². The van der Waals surface area contributed by atoms with Crippen LogP contribution in [0.1, 0.15) is 98.6 Å². The molecule has 3 rings (SSSR count). The third-order valence-corrected chi connectivity index (χ3v) is 8.12. The summed E-state index contributed by atoms with van der Waals surface area (Å²) in [6.07, 6.45) is 6.35. The van der Waals surface area contributed by atoms with Crippen LogP contribution in [-0.4, -0.2) is 41.4 Å². The molecule has 0 aliphatic carbocycles. The molecule has 2 aliphatic heterocycles. The van der Waals surface area contributed by atoms with E-state index in [1.54, 1.807) is 0 Å². The van der Waals surface area contributed by atoms with Crippen LogP contribution in [0.4, 0.5) is 0 Å². The van der Waals surface area contributed by atoms with Crippen LogP contribution in [0, 0.1) is 6.92 Å². The molecule has 2 aliphatic rings. The lowest BCUT2D eigenvalue weighted by Crippen LogP contribution is -2.41. The smallest absolute Gasteiger partial charge is 0.405 e. The Kier molecular flexibility index (Phi) is 9.66. The van der Waals surface area contributed by atoms with Crippen molar-refractivity contribution in [3.05, 3.63) is 39.6 Å². The molecule has 0 amide bonds. The highest BCUT2D eigenvalue weighted by Gasteiger charge is 2.63. The molecular weight excluding hydrogens is 512 g/mol. The first kappa shape index (κ1) is 29.9. The highest BCUT2D eigenvalue weighted by molar-refractivity contribution is 9.10. The standard InChI is InChI=1S/C13H18BrNS.C12H24B2O4/c1-4-5-9(2)6-13(16)12-7-11(14)8-15-10(12)3;1-9(2)10(3,4)16-13(15-9)14-17-11(5,6)12(7,8)18-14/h6-8,13,16H,4-5H2,1-3H3;1-8H3/b9-6+;. The van der Waals surface area contributed by atoms with Crippen molar-refractivity contribution in [1.29, 1.82) is 0 Å². The molecule has 34 heavy (non-hydrogen) atoms. The number of halogens is 1. The summed E-state index contributed by atoms with van der Waals surface area (Å²) in [6, 6.07) is 2.09. The zero-order valence-electron chi connectivity index (χ0n) is 22.8. The van der Waals surface area contributed by atoms with Crippen LogP contribution < -0.4 is 0 Å². The van der Waals surface area contributed by atoms with Gasteiger partial charge in [-0.25, -0.2) is 0 Å². The predicted molar refractivity (Wildman–Crippen MR) is 149 cm³/mol. The van der Waals surface area contributed by atoms with Crippen LogP contribution in [0.25, 0.3) is 0 Å². The van der Waals surface area contributed by atoms with E-state index in [1.165, 1.54) is 17.6 Å². The Hall–Kier alpha value is -0.310. The molecule has 0 saturated carbocycles. The largest absolute Gasteiger partial charge is 0.488 e. The summed E-state index contributed by atoms with van der Waals surface area (Å²) in [5.41, 5.74) is 2.17. The molecule has 1 aromatic heterocycles. The fraction of sp³-hybridized carbons (Fsp3) is 0.720. The summed E-state index contributed by atoms with van der Waals surface area (Å²) >= 11 is 8.08. The Morgan fingerprint density at radius 2 is 1.38 bits per heavy atom. The van der Waals surface area contributed by atoms with E-state index in [4.69, 9.17) is 18.6 Å². The van der Waals surface area contributed by atoms with Crippen molar-refractivity contribution in [2.45, 2.75) is 117 Å². The van der Waals surface area contributed by atoms with Gasteiger partial charge in [-0.2, -0.15) is 12.6 Å². The van der Waals surface area contributed by atoms with Crippen molar-refractivity contribution in [2.75, 3.05) is 0 Å². The van der Waals surface area contributed by atoms with Gasteiger partial charge in [0, 0.05) is 21.6 Å². The maximum Gasteiger partial charge on any atom is 0.488 e. The number of allylic oxidation sites excluding steroid dienone is 1. The average Bonchev–Trinajstić information content (AvgIpc) is 3.04. The van der Waals surface area contributed by atoms with Crippen LogP contribution in [0.3, 0.4) is 0 Å². The highest BCUT2D eigenvalue weighted by atomic mass is 79.9. The Bertz CT molecular complexity index is 826. The normalized spacial score (nSPS) is 23.5. The molecule has 2 fully saturated rings. The maximum atomic E-state index is 5.96. The lowest BCUT2D eigenvalue weighted by Gasteiger charge is -2.32. The average molecular weight is 554 g/mol. The minimum absolute atomic E-state index is 0.136. The Labute approximate surface area is 221 Å². The lowest BCUT2D eigenvalue weighted by atomic mass is 9.49. The molecular formula is C25H42B2BrNO4S. The van der Waals surface area contributed by atoms with E-state index < -0.39 is 14.0 Å². The van der Waals surface area contributed by atoms with Crippen LogP contribution in [0.15, 0.2) is 28.4 Å². The van der Waals surface area contributed by atoms with E-state index in [2.05, 4.69) is 59.5 Å². The van der Waals surface area contributed by atoms with Gasteiger partial charge in [0.25, 0.3) is 0 Å². The molecule has 0 spiro atoms. The first-order chi connectivity index (χ1) is 15.4. The van der Waals surface area contributed by atoms with Gasteiger partial charge in [-0.05, 0) is 103 Å². The zero-order valence-corrected chi connectivity index (χ0v) is 25.3. The lowest BCUT2D eigenvalue weighted by molar-refractivity contribution is 0.00578. The third-order valence-electron chi connectivity index (χ3n) is 7.26. The van der Waals surface area contributed by atoms with Crippen LogP contribution >= 0.6 is 28.6 Å². The summed E-state index contributed by atoms with van der Waals surface area (Å²) < 4.78 is 24.9. The molecule has 0 aromatic carbocycles. The van der Waals surface area contributed by atoms with Crippen LogP contribution in [-0.2, 0) is 18.6 Å². The van der Waals surface area contributed by atoms with Gasteiger partial charge in [0.1, 0.15) is 0 Å². The maximum absolute atomic E-state index is 5.96. The second kappa shape index (κ2) is 11.0. The van der Waals surface area contributed by atoms with E-state index in [0.29, 0.717) is 0 Å². The van der Waals surface area contributed by atoms with Gasteiger partial charge < -0.3 is 18.6 Å². The fourth-order valence-corrected chi connectivity index (χ4v) is 4.52. The molecule has 3 heterocycles. The number of nitrogens with zero attached hydrogens (tertiary/aromatic N) is 1. The van der Waals surface area contributed by atoms with Crippen molar-refractivity contribution < 1.29 is 18.6 Å². The zero-order chi connectivity index (χ0) is 26.1. The Morgan fingerprint density at radius 3 is 1.76 bits per heavy atom. The summed E-state index contributed by atoms with van der Waals surface area (Å²) in [7, 11) is -0.952. The third kappa shape index (κ3) is 6.92. The molecule has 1 unspecified atom stereocenters. The van der Waals surface area contributed by atoms with Crippen LogP contribution in [0.5, 0.6) is 0 Å². The number of aromatic nitrogens is 1. The minimum atomic E-state index is -0.476. The number of rotatable bonds is 5. The predicted octanol–water partition coefficient (Wildman–Crippen LogP) is 7.12. The molecule has 9 heteroatoms. The van der Waals surface area contributed by atoms with Crippen molar-refractivity contribution in [2.24, 2.45) is 0 Å². The molecule has 5 nitrogen and oxygen atoms in total. The molecule has 0 N–H and O–H groups in total. The van der Waals surface area contributed by atoms with Crippen molar-refractivity contribution >= 4 is 42.6 Å². The molecule has 1 aromatic rings. The van der Waals surface area contributed by atoms with E-state index in [1.807, 2.05) is 68.5 Å². The second-order valence-corrected chi connectivity index (χ2v) is 12.8. The monoisotopic (exact) mass is 553 g/mol. The first-order valence-corrected chi connectivity index (χ1v) is 13.4. The fourth-order valence-electron chi connectivity index (χ4n) is 3.66. The first-order valence-electron chi connectivity index (χ1n) is 12.1. The Morgan fingerprint density at radius 1 is 0.971 bits per heavy atom. The van der Waals surface area contributed by atoms with Gasteiger partial charge >= 0.3 is 14.0 Å². The van der Waals surface area contributed by atoms with Gasteiger partial charge in [0.15, 0.2) is 0 Å². The topological polar surface area (TPSA) is 49.8 Å². The van der Waals surface area contributed by atoms with E-state index >= 15 is 0 Å². The molecule has 0 radical (unpaired) electrons. The van der Waals surface area contributed by atoms with Crippen molar-refractivity contribution in [1.82, 2.24) is 4.98 Å². The molecule has 2 saturated heterocycles. The quantitative estimate of drug-likeness (QED) is 0.239. The van der Waals surface area contributed by atoms with E-state index in [9.17, 15) is 0 Å². The minimum Gasteiger partial charge on any atom is -0.405 e. The summed E-state index contributed by atoms with van der Waals surface area (Å²) in [4.78, 5) is 4.33. The highest BCUT2D eigenvalue weighted by Crippen LogP contribution is 2.42. The van der Waals surface area contributed by atoms with Gasteiger partial charge in [0.2, 0.25) is 0 Å². The Balaban J connectivity index is 0.000000242. The molecule has 190 valence electrons. The van der Waals surface area contributed by atoms with E-state index in [0.717, 1.165) is 16.6 Å². The SMILES string of the molecule is CC1(C)OB(B2OC(C)(C)C(C)(C)O2)OC1(C)C.CCC/C(C)=C/C(S)c1cc(Br)cnc1C. The van der Waals surface area contributed by atoms with Gasteiger partial charge in [-0.15, -0.1) is 0 Å². The number of hydrogen-bond acceptors (Lipinski definition) is 6. The van der Waals surface area contributed by atoms with Crippen molar-refractivity contribution in [3.63, 3.8) is 0 Å². The van der Waals surface area contributed by atoms with E-state index in [-0.39, 0.29) is 27.7 Å². The number of aryl methyl sites for hydroxylation is 1. The number of hydrogen-bond donors (Lipinski definition) is 1. The molecule has 0 bridgehead atoms. The van der Waals surface area contributed by atoms with Crippen molar-refractivity contribution in [3.8, 4) is 0 Å². The van der Waals surface area contributed by atoms with Gasteiger partial charge in [-0.1, -0.05) is 25.0 Å². The number of thiol groups is 1. The second-order valence-electron chi connectivity index (χ2n) is 11.3. The summed E-state index contributed by atoms with van der Waals surface area (Å²) in [6.45, 7) is 22.6. The number of pyridine rings is 1.